The van der Waals surface area contributed by atoms with E-state index in [1.165, 1.54) is 4.90 Å². The van der Waals surface area contributed by atoms with E-state index in [4.69, 9.17) is 5.41 Å². The summed E-state index contributed by atoms with van der Waals surface area (Å²) in [4.78, 5) is 34.6. The van der Waals surface area contributed by atoms with E-state index in [-0.39, 0.29) is 24.3 Å². The fourth-order valence-electron chi connectivity index (χ4n) is 4.60. The summed E-state index contributed by atoms with van der Waals surface area (Å²) in [5, 5.41) is 11.8. The molecule has 7 nitrogen and oxygen atoms in total. The van der Waals surface area contributed by atoms with Crippen molar-refractivity contribution in [2.75, 3.05) is 13.1 Å². The van der Waals surface area contributed by atoms with E-state index in [1.54, 1.807) is 18.5 Å². The number of hydrogen-bond donors (Lipinski definition) is 2. The van der Waals surface area contributed by atoms with Crippen LogP contribution in [0.3, 0.4) is 0 Å². The van der Waals surface area contributed by atoms with Crippen LogP contribution in [-0.4, -0.2) is 45.6 Å². The zero-order valence-electron chi connectivity index (χ0n) is 20.2. The fourth-order valence-corrected chi connectivity index (χ4v) is 4.60. The molecular weight excluding hydrogens is 438 g/mol. The van der Waals surface area contributed by atoms with Crippen LogP contribution < -0.4 is 5.32 Å². The first-order valence-electron chi connectivity index (χ1n) is 12.0. The van der Waals surface area contributed by atoms with Crippen molar-refractivity contribution < 1.29 is 9.59 Å². The number of nitrogens with one attached hydrogen (secondary N) is 2. The Hall–Kier alpha value is -4.00. The summed E-state index contributed by atoms with van der Waals surface area (Å²) in [6.45, 7) is 5.61. The highest BCUT2D eigenvalue weighted by Crippen LogP contribution is 2.36. The smallest absolute Gasteiger partial charge is 0.264 e. The molecule has 0 radical (unpaired) electrons. The lowest BCUT2D eigenvalue weighted by Gasteiger charge is -2.28. The minimum Gasteiger partial charge on any atom is -0.339 e. The lowest BCUT2D eigenvalue weighted by atomic mass is 9.82. The molecule has 1 aliphatic heterocycles. The number of carbonyl (C=O) groups excluding carboxylic acids is 2. The third-order valence-electron chi connectivity index (χ3n) is 6.21. The molecule has 3 aromatic rings. The second-order valence-electron chi connectivity index (χ2n) is 8.72. The van der Waals surface area contributed by atoms with Gasteiger partial charge in [-0.3, -0.25) is 24.9 Å². The van der Waals surface area contributed by atoms with E-state index in [2.05, 4.69) is 10.3 Å². The van der Waals surface area contributed by atoms with Crippen LogP contribution in [0.5, 0.6) is 0 Å². The molecule has 4 rings (SSSR count). The van der Waals surface area contributed by atoms with Crippen LogP contribution in [-0.2, 0) is 16.9 Å². The minimum absolute atomic E-state index is 0.0121. The summed E-state index contributed by atoms with van der Waals surface area (Å²) in [5.41, 5.74) is 1.52. The average molecular weight is 470 g/mol. The van der Waals surface area contributed by atoms with E-state index < -0.39 is 5.54 Å². The first-order chi connectivity index (χ1) is 17.0. The topological polar surface area (TPSA) is 89.4 Å². The Morgan fingerprint density at radius 1 is 0.971 bits per heavy atom. The number of pyridine rings is 1. The molecule has 2 heterocycles. The van der Waals surface area contributed by atoms with E-state index in [9.17, 15) is 9.59 Å². The molecule has 2 amide bonds. The molecule has 0 atom stereocenters. The van der Waals surface area contributed by atoms with Crippen molar-refractivity contribution in [3.05, 3.63) is 101 Å². The number of benzene rings is 2. The Bertz CT molecular complexity index is 1150. The zero-order chi connectivity index (χ0) is 24.8. The predicted molar refractivity (Wildman–Crippen MR) is 136 cm³/mol. The maximum absolute atomic E-state index is 14.0. The summed E-state index contributed by atoms with van der Waals surface area (Å²) < 4.78 is 0. The van der Waals surface area contributed by atoms with Crippen molar-refractivity contribution in [3.63, 3.8) is 0 Å². The molecule has 0 aliphatic carbocycles. The number of hydrogen-bond acceptors (Lipinski definition) is 4. The van der Waals surface area contributed by atoms with E-state index in [0.29, 0.717) is 24.2 Å². The SMILES string of the molecule is CCCN(CCC)C(=O)c1cncc(CN2C(=N)NC(c3ccccc3)(c3ccccc3)C2=O)c1. The fraction of sp³-hybridized carbons (Fsp3) is 0.286. The largest absolute Gasteiger partial charge is 0.339 e. The standard InChI is InChI=1S/C28H31N5O2/c1-3-15-32(16-4-2)25(34)22-17-21(18-30-19-22)20-33-26(35)28(31-27(33)29,23-11-7-5-8-12-23)24-13-9-6-10-14-24/h5-14,17-19H,3-4,15-16,20H2,1-2H3,(H2,29,31). The molecule has 2 aromatic carbocycles. The number of nitrogens with zero attached hydrogens (tertiary/aromatic N) is 3. The van der Waals surface area contributed by atoms with Crippen molar-refractivity contribution in [1.82, 2.24) is 20.1 Å². The third kappa shape index (κ3) is 4.67. The summed E-state index contributed by atoms with van der Waals surface area (Å²) in [7, 11) is 0. The molecule has 1 aliphatic rings. The second-order valence-corrected chi connectivity index (χ2v) is 8.72. The second kappa shape index (κ2) is 10.5. The number of aromatic nitrogens is 1. The quantitative estimate of drug-likeness (QED) is 0.493. The number of rotatable bonds is 9. The lowest BCUT2D eigenvalue weighted by molar-refractivity contribution is -0.130. The van der Waals surface area contributed by atoms with E-state index in [1.807, 2.05) is 79.4 Å². The van der Waals surface area contributed by atoms with Gasteiger partial charge in [0.25, 0.3) is 11.8 Å². The molecule has 0 unspecified atom stereocenters. The van der Waals surface area contributed by atoms with Gasteiger partial charge in [0.05, 0.1) is 12.1 Å². The highest BCUT2D eigenvalue weighted by Gasteiger charge is 2.52. The van der Waals surface area contributed by atoms with Gasteiger partial charge in [-0.15, -0.1) is 0 Å². The monoisotopic (exact) mass is 469 g/mol. The van der Waals surface area contributed by atoms with Crippen molar-refractivity contribution in [2.24, 2.45) is 0 Å². The molecule has 2 N–H and O–H groups in total. The maximum Gasteiger partial charge on any atom is 0.264 e. The van der Waals surface area contributed by atoms with Gasteiger partial charge in [0.2, 0.25) is 0 Å². The van der Waals surface area contributed by atoms with E-state index >= 15 is 0 Å². The zero-order valence-corrected chi connectivity index (χ0v) is 20.2. The van der Waals surface area contributed by atoms with Crippen molar-refractivity contribution in [1.29, 1.82) is 5.41 Å². The van der Waals surface area contributed by atoms with Crippen LogP contribution in [0.4, 0.5) is 0 Å². The van der Waals surface area contributed by atoms with Crippen molar-refractivity contribution in [3.8, 4) is 0 Å². The molecule has 180 valence electrons. The highest BCUT2D eigenvalue weighted by atomic mass is 16.2. The van der Waals surface area contributed by atoms with Crippen LogP contribution >= 0.6 is 0 Å². The van der Waals surface area contributed by atoms with Gasteiger partial charge < -0.3 is 10.2 Å². The maximum atomic E-state index is 14.0. The summed E-state index contributed by atoms with van der Waals surface area (Å²) in [6, 6.07) is 20.7. The molecule has 1 saturated heterocycles. The third-order valence-corrected chi connectivity index (χ3v) is 6.21. The first-order valence-corrected chi connectivity index (χ1v) is 12.0. The lowest BCUT2D eigenvalue weighted by Crippen LogP contribution is -2.45. The van der Waals surface area contributed by atoms with Crippen LogP contribution in [0, 0.1) is 5.41 Å². The van der Waals surface area contributed by atoms with Crippen LogP contribution in [0.15, 0.2) is 79.1 Å². The first kappa shape index (κ1) is 24.1. The molecule has 7 heteroatoms. The molecule has 0 saturated carbocycles. The van der Waals surface area contributed by atoms with Crippen LogP contribution in [0.1, 0.15) is 53.7 Å². The molecule has 35 heavy (non-hydrogen) atoms. The number of guanidine groups is 1. The van der Waals surface area contributed by atoms with Crippen LogP contribution in [0.2, 0.25) is 0 Å². The van der Waals surface area contributed by atoms with Gasteiger partial charge in [-0.2, -0.15) is 0 Å². The van der Waals surface area contributed by atoms with Gasteiger partial charge in [0.15, 0.2) is 11.5 Å². The molecular formula is C28H31N5O2. The van der Waals surface area contributed by atoms with Gasteiger partial charge in [-0.1, -0.05) is 74.5 Å². The number of amides is 2. The van der Waals surface area contributed by atoms with E-state index in [0.717, 1.165) is 24.0 Å². The molecule has 0 bridgehead atoms. The Balaban J connectivity index is 1.65. The molecule has 0 spiro atoms. The van der Waals surface area contributed by atoms with Crippen LogP contribution in [0.25, 0.3) is 0 Å². The highest BCUT2D eigenvalue weighted by molar-refractivity contribution is 6.10. The van der Waals surface area contributed by atoms with Crippen molar-refractivity contribution in [2.45, 2.75) is 38.8 Å². The average Bonchev–Trinajstić information content (AvgIpc) is 3.15. The normalized spacial score (nSPS) is 14.6. The summed E-state index contributed by atoms with van der Waals surface area (Å²) >= 11 is 0. The number of carbonyl (C=O) groups is 2. The summed E-state index contributed by atoms with van der Waals surface area (Å²) in [6.07, 6.45) is 4.97. The molecule has 1 fully saturated rings. The van der Waals surface area contributed by atoms with Gasteiger partial charge in [0, 0.05) is 25.5 Å². The Labute approximate surface area is 206 Å². The predicted octanol–water partition coefficient (Wildman–Crippen LogP) is 4.15. The molecule has 1 aromatic heterocycles. The Morgan fingerprint density at radius 3 is 2.09 bits per heavy atom. The van der Waals surface area contributed by atoms with Crippen molar-refractivity contribution >= 4 is 17.8 Å². The minimum atomic E-state index is -1.19. The van der Waals surface area contributed by atoms with Gasteiger partial charge in [-0.05, 0) is 35.6 Å². The van der Waals surface area contributed by atoms with Gasteiger partial charge in [-0.25, -0.2) is 0 Å². The van der Waals surface area contributed by atoms with Gasteiger partial charge in [0.1, 0.15) is 0 Å². The van der Waals surface area contributed by atoms with Gasteiger partial charge >= 0.3 is 0 Å². The Kier molecular flexibility index (Phi) is 7.25. The summed E-state index contributed by atoms with van der Waals surface area (Å²) in [5.74, 6) is -0.292. The Morgan fingerprint density at radius 2 is 1.54 bits per heavy atom.